The molecule has 0 atom stereocenters. The second kappa shape index (κ2) is 5.04. The molecule has 0 bridgehead atoms. The minimum absolute atomic E-state index is 0.0106. The van der Waals surface area contributed by atoms with Crippen molar-refractivity contribution in [2.75, 3.05) is 0 Å². The Hall–Kier alpha value is -2.08. The van der Waals surface area contributed by atoms with E-state index in [2.05, 4.69) is 33.9 Å². The molecule has 3 heterocycles. The summed E-state index contributed by atoms with van der Waals surface area (Å²) in [5.74, 6) is -0.268. The smallest absolute Gasteiger partial charge is 0.223 e. The summed E-state index contributed by atoms with van der Waals surface area (Å²) in [6, 6.07) is 1.79. The summed E-state index contributed by atoms with van der Waals surface area (Å²) in [6.45, 7) is 4.16. The quantitative estimate of drug-likeness (QED) is 0.681. The van der Waals surface area contributed by atoms with E-state index in [0.717, 1.165) is 22.8 Å². The summed E-state index contributed by atoms with van der Waals surface area (Å²) in [7, 11) is 1.89. The number of fused-ring (bicyclic) bond motifs is 1. The van der Waals surface area contributed by atoms with Crippen molar-refractivity contribution >= 4 is 22.5 Å². The summed E-state index contributed by atoms with van der Waals surface area (Å²) in [4.78, 5) is 11.8. The van der Waals surface area contributed by atoms with Crippen LogP contribution in [0.25, 0.3) is 22.3 Å². The van der Waals surface area contributed by atoms with Crippen LogP contribution in [0.2, 0.25) is 5.28 Å². The van der Waals surface area contributed by atoms with Crippen LogP contribution in [-0.2, 0) is 7.05 Å². The molecule has 3 aromatic heterocycles. The van der Waals surface area contributed by atoms with Crippen molar-refractivity contribution in [1.29, 1.82) is 0 Å². The first-order valence-electron chi connectivity index (χ1n) is 6.48. The molecule has 0 aromatic carbocycles. The summed E-state index contributed by atoms with van der Waals surface area (Å²) in [5.41, 5.74) is 2.34. The van der Waals surface area contributed by atoms with Gasteiger partial charge in [0.1, 0.15) is 11.2 Å². The number of aromatic nitrogens is 5. The Labute approximate surface area is 125 Å². The molecule has 0 amide bonds. The molecule has 3 rings (SSSR count). The lowest BCUT2D eigenvalue weighted by Crippen LogP contribution is -1.99. The fourth-order valence-corrected chi connectivity index (χ4v) is 2.60. The minimum atomic E-state index is -0.554. The SMILES string of the molecule is CC(C)c1c2cc(-c3nc(Cl)ncc3F)ncc2nn1C. The second-order valence-electron chi connectivity index (χ2n) is 5.09. The first kappa shape index (κ1) is 13.9. The van der Waals surface area contributed by atoms with E-state index in [4.69, 9.17) is 11.6 Å². The molecule has 0 N–H and O–H groups in total. The molecule has 0 spiro atoms. The Balaban J connectivity index is 2.25. The monoisotopic (exact) mass is 305 g/mol. The summed E-state index contributed by atoms with van der Waals surface area (Å²) < 4.78 is 15.7. The largest absolute Gasteiger partial charge is 0.271 e. The average Bonchev–Trinajstić information content (AvgIpc) is 2.76. The van der Waals surface area contributed by atoms with Gasteiger partial charge in [0.25, 0.3) is 0 Å². The number of aryl methyl sites for hydroxylation is 1. The Morgan fingerprint density at radius 2 is 2.00 bits per heavy atom. The van der Waals surface area contributed by atoms with Crippen LogP contribution < -0.4 is 0 Å². The van der Waals surface area contributed by atoms with Gasteiger partial charge < -0.3 is 0 Å². The predicted octanol–water partition coefficient (Wildman–Crippen LogP) is 3.34. The van der Waals surface area contributed by atoms with E-state index in [-0.39, 0.29) is 16.9 Å². The lowest BCUT2D eigenvalue weighted by molar-refractivity contribution is 0.617. The number of rotatable bonds is 2. The van der Waals surface area contributed by atoms with Crippen LogP contribution in [0.15, 0.2) is 18.5 Å². The van der Waals surface area contributed by atoms with Gasteiger partial charge in [0.15, 0.2) is 5.82 Å². The minimum Gasteiger partial charge on any atom is -0.271 e. The molecule has 5 nitrogen and oxygen atoms in total. The highest BCUT2D eigenvalue weighted by Gasteiger charge is 2.16. The molecule has 3 aromatic rings. The first-order chi connectivity index (χ1) is 9.97. The van der Waals surface area contributed by atoms with E-state index in [1.54, 1.807) is 12.3 Å². The zero-order valence-corrected chi connectivity index (χ0v) is 12.6. The fraction of sp³-hybridized carbons (Fsp3) is 0.286. The van der Waals surface area contributed by atoms with E-state index in [1.807, 2.05) is 11.7 Å². The standard InChI is InChI=1S/C14H13ClFN5/c1-7(2)13-8-4-10(17-6-11(8)20-21(13)3)12-9(16)5-18-14(15)19-12/h4-7H,1-3H3. The topological polar surface area (TPSA) is 56.5 Å². The number of nitrogens with zero attached hydrogens (tertiary/aromatic N) is 5. The van der Waals surface area contributed by atoms with Gasteiger partial charge >= 0.3 is 0 Å². The zero-order chi connectivity index (χ0) is 15.1. The van der Waals surface area contributed by atoms with Gasteiger partial charge in [0.2, 0.25) is 5.28 Å². The maximum absolute atomic E-state index is 13.9. The third kappa shape index (κ3) is 2.35. The molecule has 0 aliphatic carbocycles. The molecule has 0 saturated carbocycles. The highest BCUT2D eigenvalue weighted by atomic mass is 35.5. The highest BCUT2D eigenvalue weighted by Crippen LogP contribution is 2.28. The Morgan fingerprint density at radius 1 is 1.24 bits per heavy atom. The summed E-state index contributed by atoms with van der Waals surface area (Å²) in [5, 5.41) is 5.34. The van der Waals surface area contributed by atoms with Crippen LogP contribution in [-0.4, -0.2) is 24.7 Å². The van der Waals surface area contributed by atoms with Gasteiger partial charge in [-0.3, -0.25) is 9.67 Å². The third-order valence-electron chi connectivity index (χ3n) is 3.27. The van der Waals surface area contributed by atoms with Crippen LogP contribution in [0, 0.1) is 5.82 Å². The molecule has 0 unspecified atom stereocenters. The van der Waals surface area contributed by atoms with Gasteiger partial charge in [-0.15, -0.1) is 0 Å². The van der Waals surface area contributed by atoms with Crippen LogP contribution in [0.3, 0.4) is 0 Å². The molecule has 21 heavy (non-hydrogen) atoms. The van der Waals surface area contributed by atoms with Gasteiger partial charge in [-0.2, -0.15) is 5.10 Å². The third-order valence-corrected chi connectivity index (χ3v) is 3.45. The Bertz CT molecular complexity index is 828. The Kier molecular flexibility index (Phi) is 3.33. The number of hydrogen-bond donors (Lipinski definition) is 0. The lowest BCUT2D eigenvalue weighted by atomic mass is 10.1. The van der Waals surface area contributed by atoms with Crippen LogP contribution in [0.5, 0.6) is 0 Å². The van der Waals surface area contributed by atoms with E-state index >= 15 is 0 Å². The van der Waals surface area contributed by atoms with Crippen molar-refractivity contribution in [1.82, 2.24) is 24.7 Å². The maximum atomic E-state index is 13.9. The van der Waals surface area contributed by atoms with Crippen molar-refractivity contribution in [3.05, 3.63) is 35.3 Å². The normalized spacial score (nSPS) is 11.5. The number of halogens is 2. The molecular weight excluding hydrogens is 293 g/mol. The molecule has 108 valence electrons. The van der Waals surface area contributed by atoms with E-state index in [0.29, 0.717) is 5.69 Å². The van der Waals surface area contributed by atoms with Crippen molar-refractivity contribution in [3.63, 3.8) is 0 Å². The van der Waals surface area contributed by atoms with Gasteiger partial charge in [-0.05, 0) is 23.6 Å². The summed E-state index contributed by atoms with van der Waals surface area (Å²) >= 11 is 5.74. The van der Waals surface area contributed by atoms with Crippen molar-refractivity contribution in [2.45, 2.75) is 19.8 Å². The van der Waals surface area contributed by atoms with Gasteiger partial charge in [-0.1, -0.05) is 13.8 Å². The van der Waals surface area contributed by atoms with E-state index in [1.165, 1.54) is 0 Å². The maximum Gasteiger partial charge on any atom is 0.223 e. The lowest BCUT2D eigenvalue weighted by Gasteiger charge is -2.06. The molecule has 0 aliphatic rings. The molecule has 0 fully saturated rings. The second-order valence-corrected chi connectivity index (χ2v) is 5.42. The van der Waals surface area contributed by atoms with Crippen LogP contribution >= 0.6 is 11.6 Å². The zero-order valence-electron chi connectivity index (χ0n) is 11.8. The Morgan fingerprint density at radius 3 is 2.71 bits per heavy atom. The molecular formula is C14H13ClFN5. The van der Waals surface area contributed by atoms with E-state index in [9.17, 15) is 4.39 Å². The molecule has 0 saturated heterocycles. The van der Waals surface area contributed by atoms with Crippen molar-refractivity contribution < 1.29 is 4.39 Å². The van der Waals surface area contributed by atoms with Crippen molar-refractivity contribution in [3.8, 4) is 11.4 Å². The van der Waals surface area contributed by atoms with Crippen molar-refractivity contribution in [2.24, 2.45) is 7.05 Å². The van der Waals surface area contributed by atoms with Crippen LogP contribution in [0.1, 0.15) is 25.5 Å². The van der Waals surface area contributed by atoms with Gasteiger partial charge in [0, 0.05) is 18.1 Å². The molecule has 7 heteroatoms. The molecule has 0 radical (unpaired) electrons. The number of pyridine rings is 1. The average molecular weight is 306 g/mol. The molecule has 0 aliphatic heterocycles. The predicted molar refractivity (Wildman–Crippen MR) is 78.6 cm³/mol. The first-order valence-corrected chi connectivity index (χ1v) is 6.86. The summed E-state index contributed by atoms with van der Waals surface area (Å²) in [6.07, 6.45) is 2.66. The number of hydrogen-bond acceptors (Lipinski definition) is 4. The fourth-order valence-electron chi connectivity index (χ4n) is 2.46. The highest BCUT2D eigenvalue weighted by molar-refractivity contribution is 6.28. The van der Waals surface area contributed by atoms with Gasteiger partial charge in [-0.25, -0.2) is 14.4 Å². The van der Waals surface area contributed by atoms with E-state index < -0.39 is 5.82 Å². The van der Waals surface area contributed by atoms with Gasteiger partial charge in [0.05, 0.1) is 18.1 Å². The van der Waals surface area contributed by atoms with Crippen LogP contribution in [0.4, 0.5) is 4.39 Å².